The van der Waals surface area contributed by atoms with E-state index in [1.54, 1.807) is 13.2 Å². The number of para-hydroxylation sites is 1. The Morgan fingerprint density at radius 3 is 2.71 bits per heavy atom. The van der Waals surface area contributed by atoms with Crippen LogP contribution in [0.4, 0.5) is 0 Å². The molecule has 1 unspecified atom stereocenters. The number of benzene rings is 2. The summed E-state index contributed by atoms with van der Waals surface area (Å²) in [6.07, 6.45) is 3.69. The standard InChI is InChI=1S/C24H34N2O2/c1-19-8-4-5-10-21(19)13-15-26-14-7-9-20(17-26)16-25(2)18-22-11-6-12-23(28-3)24(22)27/h4-6,8,10-12,20,27H,7,9,13-18H2,1-3H3. The van der Waals surface area contributed by atoms with Crippen LogP contribution in [0.2, 0.25) is 0 Å². The topological polar surface area (TPSA) is 35.9 Å². The molecule has 3 rings (SSSR count). The van der Waals surface area contributed by atoms with Crippen LogP contribution in [0.25, 0.3) is 0 Å². The van der Waals surface area contributed by atoms with Crippen molar-refractivity contribution < 1.29 is 9.84 Å². The Bertz CT molecular complexity index is 762. The molecule has 1 aliphatic heterocycles. The summed E-state index contributed by atoms with van der Waals surface area (Å²) in [5.74, 6) is 1.50. The molecule has 1 atom stereocenters. The number of rotatable bonds is 8. The van der Waals surface area contributed by atoms with Crippen LogP contribution in [0.15, 0.2) is 42.5 Å². The molecule has 4 nitrogen and oxygen atoms in total. The molecular formula is C24H34N2O2. The molecule has 1 saturated heterocycles. The average molecular weight is 383 g/mol. The zero-order valence-corrected chi connectivity index (χ0v) is 17.5. The highest BCUT2D eigenvalue weighted by Crippen LogP contribution is 2.30. The van der Waals surface area contributed by atoms with Gasteiger partial charge in [0.25, 0.3) is 0 Å². The summed E-state index contributed by atoms with van der Waals surface area (Å²) in [4.78, 5) is 4.95. The monoisotopic (exact) mass is 382 g/mol. The second-order valence-corrected chi connectivity index (χ2v) is 8.15. The number of aryl methyl sites for hydroxylation is 1. The molecule has 152 valence electrons. The number of phenolic OH excluding ortho intramolecular Hbond substituents is 1. The maximum atomic E-state index is 10.3. The van der Waals surface area contributed by atoms with E-state index < -0.39 is 0 Å². The molecular weight excluding hydrogens is 348 g/mol. The lowest BCUT2D eigenvalue weighted by Crippen LogP contribution is -2.40. The highest BCUT2D eigenvalue weighted by Gasteiger charge is 2.21. The van der Waals surface area contributed by atoms with Crippen molar-refractivity contribution in [2.75, 3.05) is 40.3 Å². The minimum atomic E-state index is 0.264. The van der Waals surface area contributed by atoms with E-state index in [0.29, 0.717) is 11.7 Å². The summed E-state index contributed by atoms with van der Waals surface area (Å²) >= 11 is 0. The van der Waals surface area contributed by atoms with Crippen LogP contribution in [0.3, 0.4) is 0 Å². The maximum absolute atomic E-state index is 10.3. The van der Waals surface area contributed by atoms with E-state index >= 15 is 0 Å². The summed E-state index contributed by atoms with van der Waals surface area (Å²) in [5.41, 5.74) is 3.79. The van der Waals surface area contributed by atoms with Crippen molar-refractivity contribution in [3.63, 3.8) is 0 Å². The van der Waals surface area contributed by atoms with Crippen LogP contribution in [-0.4, -0.2) is 55.2 Å². The molecule has 2 aromatic rings. The van der Waals surface area contributed by atoms with Gasteiger partial charge in [-0.2, -0.15) is 0 Å². The van der Waals surface area contributed by atoms with Crippen molar-refractivity contribution in [1.82, 2.24) is 9.80 Å². The third-order valence-electron chi connectivity index (χ3n) is 5.87. The van der Waals surface area contributed by atoms with Gasteiger partial charge in [-0.1, -0.05) is 36.4 Å². The van der Waals surface area contributed by atoms with Gasteiger partial charge in [-0.25, -0.2) is 0 Å². The molecule has 1 heterocycles. The number of piperidine rings is 1. The number of nitrogens with zero attached hydrogens (tertiary/aromatic N) is 2. The molecule has 0 spiro atoms. The quantitative estimate of drug-likeness (QED) is 0.746. The van der Waals surface area contributed by atoms with Crippen molar-refractivity contribution in [1.29, 1.82) is 0 Å². The molecule has 1 N–H and O–H groups in total. The van der Waals surface area contributed by atoms with Crippen LogP contribution < -0.4 is 4.74 Å². The molecule has 1 aliphatic rings. The smallest absolute Gasteiger partial charge is 0.162 e. The second-order valence-electron chi connectivity index (χ2n) is 8.15. The molecule has 0 bridgehead atoms. The third-order valence-corrected chi connectivity index (χ3v) is 5.87. The van der Waals surface area contributed by atoms with Gasteiger partial charge in [0, 0.05) is 31.7 Å². The molecule has 0 saturated carbocycles. The molecule has 0 aliphatic carbocycles. The van der Waals surface area contributed by atoms with E-state index in [0.717, 1.165) is 31.6 Å². The Hall–Kier alpha value is -2.04. The van der Waals surface area contributed by atoms with E-state index in [4.69, 9.17) is 4.74 Å². The predicted molar refractivity (Wildman–Crippen MR) is 115 cm³/mol. The fourth-order valence-corrected chi connectivity index (χ4v) is 4.33. The van der Waals surface area contributed by atoms with Gasteiger partial charge >= 0.3 is 0 Å². The van der Waals surface area contributed by atoms with E-state index in [1.165, 1.54) is 37.1 Å². The first kappa shape index (κ1) is 20.7. The zero-order chi connectivity index (χ0) is 19.9. The van der Waals surface area contributed by atoms with E-state index in [2.05, 4.69) is 48.0 Å². The van der Waals surface area contributed by atoms with Crippen LogP contribution in [0, 0.1) is 12.8 Å². The summed E-state index contributed by atoms with van der Waals surface area (Å²) in [7, 11) is 3.74. The first-order chi connectivity index (χ1) is 13.6. The summed E-state index contributed by atoms with van der Waals surface area (Å²) in [6.45, 7) is 7.52. The summed E-state index contributed by atoms with van der Waals surface area (Å²) in [6, 6.07) is 14.4. The van der Waals surface area contributed by atoms with Gasteiger partial charge in [0.15, 0.2) is 11.5 Å². The first-order valence-electron chi connectivity index (χ1n) is 10.4. The number of phenols is 1. The SMILES string of the molecule is COc1cccc(CN(C)CC2CCCN(CCc3ccccc3C)C2)c1O. The molecule has 4 heteroatoms. The van der Waals surface area contributed by atoms with Gasteiger partial charge in [-0.05, 0) is 62.9 Å². The Balaban J connectivity index is 1.50. The maximum Gasteiger partial charge on any atom is 0.162 e. The van der Waals surface area contributed by atoms with Gasteiger partial charge in [-0.3, -0.25) is 0 Å². The fraction of sp³-hybridized carbons (Fsp3) is 0.500. The van der Waals surface area contributed by atoms with Crippen molar-refractivity contribution in [3.05, 3.63) is 59.2 Å². The van der Waals surface area contributed by atoms with Gasteiger partial charge in [-0.15, -0.1) is 0 Å². The fourth-order valence-electron chi connectivity index (χ4n) is 4.33. The predicted octanol–water partition coefficient (Wildman–Crippen LogP) is 4.10. The zero-order valence-electron chi connectivity index (χ0n) is 17.5. The number of likely N-dealkylation sites (tertiary alicyclic amines) is 1. The first-order valence-corrected chi connectivity index (χ1v) is 10.4. The Morgan fingerprint density at radius 2 is 1.93 bits per heavy atom. The van der Waals surface area contributed by atoms with Crippen LogP contribution in [0.1, 0.15) is 29.5 Å². The minimum absolute atomic E-state index is 0.264. The number of methoxy groups -OCH3 is 1. The number of ether oxygens (including phenoxy) is 1. The minimum Gasteiger partial charge on any atom is -0.504 e. The summed E-state index contributed by atoms with van der Waals surface area (Å²) < 4.78 is 5.23. The number of aromatic hydroxyl groups is 1. The van der Waals surface area contributed by atoms with Gasteiger partial charge in [0.1, 0.15) is 0 Å². The van der Waals surface area contributed by atoms with Crippen molar-refractivity contribution >= 4 is 0 Å². The highest BCUT2D eigenvalue weighted by atomic mass is 16.5. The van der Waals surface area contributed by atoms with Crippen LogP contribution in [-0.2, 0) is 13.0 Å². The lowest BCUT2D eigenvalue weighted by atomic mass is 9.96. The van der Waals surface area contributed by atoms with Crippen molar-refractivity contribution in [2.45, 2.75) is 32.7 Å². The third kappa shape index (κ3) is 5.49. The van der Waals surface area contributed by atoms with E-state index in [9.17, 15) is 5.11 Å². The van der Waals surface area contributed by atoms with Crippen LogP contribution >= 0.6 is 0 Å². The van der Waals surface area contributed by atoms with E-state index in [-0.39, 0.29) is 5.75 Å². The van der Waals surface area contributed by atoms with Crippen molar-refractivity contribution in [3.8, 4) is 11.5 Å². The molecule has 0 aromatic heterocycles. The number of hydrogen-bond acceptors (Lipinski definition) is 4. The van der Waals surface area contributed by atoms with Gasteiger partial charge in [0.2, 0.25) is 0 Å². The Kier molecular flexibility index (Phi) is 7.35. The molecule has 1 fully saturated rings. The largest absolute Gasteiger partial charge is 0.504 e. The van der Waals surface area contributed by atoms with Gasteiger partial charge < -0.3 is 19.6 Å². The summed E-state index contributed by atoms with van der Waals surface area (Å²) in [5, 5.41) is 10.3. The number of hydrogen-bond donors (Lipinski definition) is 1. The highest BCUT2D eigenvalue weighted by molar-refractivity contribution is 5.45. The molecule has 2 aromatic carbocycles. The average Bonchev–Trinajstić information content (AvgIpc) is 2.69. The second kappa shape index (κ2) is 9.94. The molecule has 0 amide bonds. The van der Waals surface area contributed by atoms with E-state index in [1.807, 2.05) is 12.1 Å². The Labute approximate surface area is 169 Å². The van der Waals surface area contributed by atoms with Crippen LogP contribution in [0.5, 0.6) is 11.5 Å². The van der Waals surface area contributed by atoms with Crippen molar-refractivity contribution in [2.24, 2.45) is 5.92 Å². The lowest BCUT2D eigenvalue weighted by molar-refractivity contribution is 0.142. The molecule has 28 heavy (non-hydrogen) atoms. The lowest BCUT2D eigenvalue weighted by Gasteiger charge is -2.35. The van der Waals surface area contributed by atoms with Gasteiger partial charge in [0.05, 0.1) is 7.11 Å². The normalized spacial score (nSPS) is 17.8. The molecule has 0 radical (unpaired) electrons. The Morgan fingerprint density at radius 1 is 1.14 bits per heavy atom.